The third kappa shape index (κ3) is 3.70. The van der Waals surface area contributed by atoms with Gasteiger partial charge in [0, 0.05) is 42.7 Å². The number of azide groups is 1. The minimum absolute atomic E-state index is 0.126. The van der Waals surface area contributed by atoms with Crippen LogP contribution < -0.4 is 0 Å². The van der Waals surface area contributed by atoms with Crippen molar-refractivity contribution in [2.24, 2.45) is 11.0 Å². The van der Waals surface area contributed by atoms with Gasteiger partial charge in [-0.3, -0.25) is 9.78 Å². The number of hydrogen-bond donors (Lipinski definition) is 1. The van der Waals surface area contributed by atoms with E-state index in [1.807, 2.05) is 0 Å². The number of amides is 1. The first-order valence-corrected chi connectivity index (χ1v) is 6.55. The summed E-state index contributed by atoms with van der Waals surface area (Å²) < 4.78 is 0. The average Bonchev–Trinajstić information content (AvgIpc) is 2.84. The van der Waals surface area contributed by atoms with Crippen molar-refractivity contribution in [3.63, 3.8) is 0 Å². The number of nitrogens with zero attached hydrogens (tertiary/aromatic N) is 5. The van der Waals surface area contributed by atoms with E-state index in [-0.39, 0.29) is 31.2 Å². The topological polar surface area (TPSA) is 119 Å². The number of carboxylic acid groups (broad SMARTS) is 1. The van der Waals surface area contributed by atoms with E-state index in [1.165, 1.54) is 4.90 Å². The Hall–Kier alpha value is -2.60. The summed E-state index contributed by atoms with van der Waals surface area (Å²) in [5, 5.41) is 12.8. The fourth-order valence-electron chi connectivity index (χ4n) is 2.43. The smallest absolute Gasteiger partial charge is 0.326 e. The van der Waals surface area contributed by atoms with Crippen LogP contribution in [-0.2, 0) is 16.0 Å². The molecule has 0 saturated carbocycles. The minimum atomic E-state index is -1.06. The van der Waals surface area contributed by atoms with Crippen molar-refractivity contribution in [2.45, 2.75) is 18.9 Å². The lowest BCUT2D eigenvalue weighted by Crippen LogP contribution is -2.44. The van der Waals surface area contributed by atoms with Crippen molar-refractivity contribution in [2.75, 3.05) is 13.1 Å². The highest BCUT2D eigenvalue weighted by Gasteiger charge is 2.37. The molecular weight excluding hydrogens is 274 g/mol. The van der Waals surface area contributed by atoms with Crippen LogP contribution in [0.3, 0.4) is 0 Å². The van der Waals surface area contributed by atoms with E-state index in [4.69, 9.17) is 5.53 Å². The Morgan fingerprint density at radius 3 is 3.05 bits per heavy atom. The molecule has 1 N–H and O–H groups in total. The van der Waals surface area contributed by atoms with E-state index < -0.39 is 12.0 Å². The molecule has 0 aromatic carbocycles. The van der Waals surface area contributed by atoms with Crippen LogP contribution in [0.15, 0.2) is 29.5 Å². The number of likely N-dealkylation sites (tertiary alicyclic amines) is 1. The molecule has 0 spiro atoms. The zero-order chi connectivity index (χ0) is 15.2. The van der Waals surface area contributed by atoms with Crippen molar-refractivity contribution in [1.29, 1.82) is 0 Å². The van der Waals surface area contributed by atoms with Crippen LogP contribution in [0.5, 0.6) is 0 Å². The number of pyridine rings is 1. The molecule has 1 aromatic heterocycles. The Labute approximate surface area is 121 Å². The predicted molar refractivity (Wildman–Crippen MR) is 73.2 cm³/mol. The Morgan fingerprint density at radius 1 is 1.62 bits per heavy atom. The first-order chi connectivity index (χ1) is 10.1. The van der Waals surface area contributed by atoms with Gasteiger partial charge < -0.3 is 10.0 Å². The molecule has 0 radical (unpaired) electrons. The summed E-state index contributed by atoms with van der Waals surface area (Å²) in [6.07, 6.45) is 1.96. The molecule has 8 nitrogen and oxygen atoms in total. The van der Waals surface area contributed by atoms with Gasteiger partial charge >= 0.3 is 5.97 Å². The normalized spacial score (nSPS) is 19.1. The molecule has 0 aliphatic carbocycles. The van der Waals surface area contributed by atoms with Gasteiger partial charge in [-0.1, -0.05) is 11.2 Å². The van der Waals surface area contributed by atoms with E-state index in [0.717, 1.165) is 0 Å². The third-order valence-electron chi connectivity index (χ3n) is 3.43. The molecule has 2 atom stereocenters. The third-order valence-corrected chi connectivity index (χ3v) is 3.43. The number of carbonyl (C=O) groups is 2. The second-order valence-electron chi connectivity index (χ2n) is 4.91. The standard InChI is InChI=1S/C13H15N5O3/c14-17-16-7-9-5-12(19)18(8-9)11(13(20)21)6-10-3-1-2-4-15-10/h1-4,9,11H,5-8H2,(H,20,21)/t9?,11-/m0/s1. The van der Waals surface area contributed by atoms with E-state index in [0.29, 0.717) is 12.2 Å². The quantitative estimate of drug-likeness (QED) is 0.481. The fraction of sp³-hybridized carbons (Fsp3) is 0.462. The largest absolute Gasteiger partial charge is 0.480 e. The molecule has 1 aromatic rings. The van der Waals surface area contributed by atoms with Gasteiger partial charge in [0.2, 0.25) is 5.91 Å². The Balaban J connectivity index is 2.10. The number of rotatable bonds is 6. The predicted octanol–water partition coefficient (Wildman–Crippen LogP) is 1.24. The van der Waals surface area contributed by atoms with Crippen molar-refractivity contribution < 1.29 is 14.7 Å². The summed E-state index contributed by atoms with van der Waals surface area (Å²) in [5.74, 6) is -1.41. The summed E-state index contributed by atoms with van der Waals surface area (Å²) in [4.78, 5) is 31.6. The SMILES string of the molecule is [N-]=[N+]=NCC1CC(=O)N([C@@H](Cc2ccccn2)C(=O)O)C1. The van der Waals surface area contributed by atoms with Crippen LogP contribution in [0.1, 0.15) is 12.1 Å². The van der Waals surface area contributed by atoms with E-state index in [1.54, 1.807) is 24.4 Å². The highest BCUT2D eigenvalue weighted by atomic mass is 16.4. The minimum Gasteiger partial charge on any atom is -0.480 e. The number of aliphatic carboxylic acids is 1. The maximum absolute atomic E-state index is 12.0. The lowest BCUT2D eigenvalue weighted by atomic mass is 10.1. The Bertz CT molecular complexity index is 570. The molecule has 2 heterocycles. The summed E-state index contributed by atoms with van der Waals surface area (Å²) in [6.45, 7) is 0.496. The lowest BCUT2D eigenvalue weighted by molar-refractivity contribution is -0.148. The number of carbonyl (C=O) groups excluding carboxylic acids is 1. The van der Waals surface area contributed by atoms with Crippen LogP contribution in [0.4, 0.5) is 0 Å². The van der Waals surface area contributed by atoms with E-state index in [9.17, 15) is 14.7 Å². The molecule has 0 bridgehead atoms. The Morgan fingerprint density at radius 2 is 2.43 bits per heavy atom. The molecule has 1 amide bonds. The summed E-state index contributed by atoms with van der Waals surface area (Å²) in [6, 6.07) is 4.31. The first kappa shape index (κ1) is 14.8. The summed E-state index contributed by atoms with van der Waals surface area (Å²) in [7, 11) is 0. The van der Waals surface area contributed by atoms with Crippen molar-refractivity contribution in [3.8, 4) is 0 Å². The van der Waals surface area contributed by atoms with Gasteiger partial charge in [0.1, 0.15) is 6.04 Å². The fourth-order valence-corrected chi connectivity index (χ4v) is 2.43. The zero-order valence-electron chi connectivity index (χ0n) is 11.3. The molecule has 1 saturated heterocycles. The molecule has 1 fully saturated rings. The molecule has 110 valence electrons. The lowest BCUT2D eigenvalue weighted by Gasteiger charge is -2.24. The van der Waals surface area contributed by atoms with Crippen LogP contribution in [0.25, 0.3) is 10.4 Å². The Kier molecular flexibility index (Phi) is 4.73. The van der Waals surface area contributed by atoms with Crippen LogP contribution in [-0.4, -0.2) is 46.0 Å². The van der Waals surface area contributed by atoms with Gasteiger partial charge in [-0.25, -0.2) is 4.79 Å². The van der Waals surface area contributed by atoms with Gasteiger partial charge in [-0.2, -0.15) is 0 Å². The molecule has 21 heavy (non-hydrogen) atoms. The molecule has 1 aliphatic heterocycles. The average molecular weight is 289 g/mol. The van der Waals surface area contributed by atoms with Crippen LogP contribution >= 0.6 is 0 Å². The summed E-state index contributed by atoms with van der Waals surface area (Å²) in [5.41, 5.74) is 8.93. The van der Waals surface area contributed by atoms with Crippen molar-refractivity contribution in [3.05, 3.63) is 40.5 Å². The molecule has 8 heteroatoms. The van der Waals surface area contributed by atoms with E-state index >= 15 is 0 Å². The molecule has 1 aliphatic rings. The monoisotopic (exact) mass is 289 g/mol. The van der Waals surface area contributed by atoms with Crippen LogP contribution in [0.2, 0.25) is 0 Å². The van der Waals surface area contributed by atoms with E-state index in [2.05, 4.69) is 15.0 Å². The number of aromatic nitrogens is 1. The number of carboxylic acids is 1. The zero-order valence-corrected chi connectivity index (χ0v) is 11.3. The van der Waals surface area contributed by atoms with Gasteiger partial charge in [0.25, 0.3) is 0 Å². The second kappa shape index (κ2) is 6.71. The molecule has 2 rings (SSSR count). The summed E-state index contributed by atoms with van der Waals surface area (Å²) >= 11 is 0. The van der Waals surface area contributed by atoms with Crippen molar-refractivity contribution in [1.82, 2.24) is 9.88 Å². The number of hydrogen-bond acceptors (Lipinski definition) is 4. The van der Waals surface area contributed by atoms with Crippen molar-refractivity contribution >= 4 is 11.9 Å². The molecular formula is C13H15N5O3. The maximum Gasteiger partial charge on any atom is 0.326 e. The maximum atomic E-state index is 12.0. The highest BCUT2D eigenvalue weighted by Crippen LogP contribution is 2.22. The van der Waals surface area contributed by atoms with Gasteiger partial charge in [0.15, 0.2) is 0 Å². The van der Waals surface area contributed by atoms with Crippen LogP contribution in [0, 0.1) is 5.92 Å². The molecule has 1 unspecified atom stereocenters. The van der Waals surface area contributed by atoms with Gasteiger partial charge in [-0.15, -0.1) is 0 Å². The highest BCUT2D eigenvalue weighted by molar-refractivity contribution is 5.85. The first-order valence-electron chi connectivity index (χ1n) is 6.55. The second-order valence-corrected chi connectivity index (χ2v) is 4.91. The van der Waals surface area contributed by atoms with Gasteiger partial charge in [-0.05, 0) is 23.6 Å². The van der Waals surface area contributed by atoms with Gasteiger partial charge in [0.05, 0.1) is 0 Å².